The van der Waals surface area contributed by atoms with Crippen LogP contribution in [0, 0.1) is 5.92 Å². The van der Waals surface area contributed by atoms with Crippen molar-refractivity contribution < 1.29 is 0 Å². The van der Waals surface area contributed by atoms with Crippen molar-refractivity contribution in [2.45, 2.75) is 45.6 Å². The predicted molar refractivity (Wildman–Crippen MR) is 92.9 cm³/mol. The fraction of sp³-hybridized carbons (Fsp3) is 0.474. The fourth-order valence-electron chi connectivity index (χ4n) is 2.95. The third-order valence-corrected chi connectivity index (χ3v) is 5.45. The van der Waals surface area contributed by atoms with Crippen LogP contribution in [-0.4, -0.2) is 6.54 Å². The minimum Gasteiger partial charge on any atom is -0.309 e. The molecule has 1 unspecified atom stereocenters. The molecule has 1 atom stereocenters. The molecule has 3 rings (SSSR count). The van der Waals surface area contributed by atoms with E-state index in [4.69, 9.17) is 0 Å². The van der Waals surface area contributed by atoms with E-state index < -0.39 is 0 Å². The lowest BCUT2D eigenvalue weighted by Crippen LogP contribution is -2.21. The number of nitrogens with one attached hydrogen (secondary N) is 1. The van der Waals surface area contributed by atoms with Crippen molar-refractivity contribution >= 4 is 11.3 Å². The second kappa shape index (κ2) is 6.76. The highest BCUT2D eigenvalue weighted by Gasteiger charge is 2.32. The molecule has 112 valence electrons. The molecule has 1 heterocycles. The minimum absolute atomic E-state index is 0.577. The van der Waals surface area contributed by atoms with E-state index in [1.54, 1.807) is 0 Å². The zero-order valence-electron chi connectivity index (χ0n) is 13.1. The predicted octanol–water partition coefficient (Wildman–Crippen LogP) is 5.43. The Morgan fingerprint density at radius 2 is 1.86 bits per heavy atom. The zero-order valence-corrected chi connectivity index (χ0v) is 13.9. The monoisotopic (exact) mass is 299 g/mol. The van der Waals surface area contributed by atoms with Crippen molar-refractivity contribution in [3.63, 3.8) is 0 Å². The summed E-state index contributed by atoms with van der Waals surface area (Å²) >= 11 is 1.96. The average molecular weight is 299 g/mol. The lowest BCUT2D eigenvalue weighted by Gasteiger charge is -2.15. The van der Waals surface area contributed by atoms with Gasteiger partial charge in [-0.1, -0.05) is 44.5 Å². The molecule has 0 aliphatic heterocycles. The van der Waals surface area contributed by atoms with E-state index >= 15 is 0 Å². The number of hydrogen-bond acceptors (Lipinski definition) is 2. The Kier molecular flexibility index (Phi) is 4.77. The molecule has 1 aromatic heterocycles. The highest BCUT2D eigenvalue weighted by Crippen LogP contribution is 2.44. The normalized spacial score (nSPS) is 16.1. The van der Waals surface area contributed by atoms with Crippen molar-refractivity contribution in [3.05, 3.63) is 46.8 Å². The Labute approximate surface area is 132 Å². The second-order valence-electron chi connectivity index (χ2n) is 6.02. The summed E-state index contributed by atoms with van der Waals surface area (Å²) < 4.78 is 0. The van der Waals surface area contributed by atoms with Crippen LogP contribution >= 0.6 is 11.3 Å². The molecule has 0 saturated heterocycles. The standard InChI is InChI=1S/C19H25NS/c1-3-5-14-6-8-15(9-7-14)17-12-13-18(21-17)19(20-4-2)16-10-11-16/h6-9,12-13,16,19-20H,3-5,10-11H2,1-2H3. The maximum atomic E-state index is 3.66. The molecule has 0 radical (unpaired) electrons. The molecule has 1 N–H and O–H groups in total. The summed E-state index contributed by atoms with van der Waals surface area (Å²) in [5.41, 5.74) is 2.80. The van der Waals surface area contributed by atoms with Gasteiger partial charge >= 0.3 is 0 Å². The molecule has 0 bridgehead atoms. The average Bonchev–Trinajstić information content (AvgIpc) is 3.23. The summed E-state index contributed by atoms with van der Waals surface area (Å²) in [6.07, 6.45) is 5.17. The molecule has 1 nitrogen and oxygen atoms in total. The van der Waals surface area contributed by atoms with Crippen molar-refractivity contribution in [2.75, 3.05) is 6.54 Å². The van der Waals surface area contributed by atoms with E-state index in [9.17, 15) is 0 Å². The molecule has 21 heavy (non-hydrogen) atoms. The Balaban J connectivity index is 1.77. The number of rotatable bonds is 7. The number of hydrogen-bond donors (Lipinski definition) is 1. The van der Waals surface area contributed by atoms with Crippen LogP contribution in [0.3, 0.4) is 0 Å². The zero-order chi connectivity index (χ0) is 14.7. The highest BCUT2D eigenvalue weighted by atomic mass is 32.1. The van der Waals surface area contributed by atoms with Crippen molar-refractivity contribution in [1.82, 2.24) is 5.32 Å². The van der Waals surface area contributed by atoms with E-state index in [0.717, 1.165) is 12.5 Å². The first-order valence-corrected chi connectivity index (χ1v) is 9.06. The van der Waals surface area contributed by atoms with Gasteiger partial charge in [0, 0.05) is 15.8 Å². The van der Waals surface area contributed by atoms with Gasteiger partial charge in [0.15, 0.2) is 0 Å². The largest absolute Gasteiger partial charge is 0.309 e. The summed E-state index contributed by atoms with van der Waals surface area (Å²) in [6, 6.07) is 14.3. The molecule has 0 amide bonds. The van der Waals surface area contributed by atoms with Gasteiger partial charge in [0.25, 0.3) is 0 Å². The quantitative estimate of drug-likeness (QED) is 0.719. The molecule has 2 aromatic rings. The third kappa shape index (κ3) is 3.56. The SMILES string of the molecule is CCCc1ccc(-c2ccc(C(NCC)C3CC3)s2)cc1. The Bertz CT molecular complexity index is 566. The van der Waals surface area contributed by atoms with E-state index in [2.05, 4.69) is 55.6 Å². The molecular formula is C19H25NS. The Morgan fingerprint density at radius 3 is 2.48 bits per heavy atom. The van der Waals surface area contributed by atoms with Crippen molar-refractivity contribution in [3.8, 4) is 10.4 Å². The lowest BCUT2D eigenvalue weighted by molar-refractivity contribution is 0.504. The van der Waals surface area contributed by atoms with Crippen LogP contribution in [0.4, 0.5) is 0 Å². The van der Waals surface area contributed by atoms with Gasteiger partial charge in [-0.05, 0) is 55.0 Å². The summed E-state index contributed by atoms with van der Waals surface area (Å²) in [6.45, 7) is 5.49. The maximum absolute atomic E-state index is 3.66. The minimum atomic E-state index is 0.577. The van der Waals surface area contributed by atoms with Crippen LogP contribution in [0.1, 0.15) is 49.6 Å². The van der Waals surface area contributed by atoms with E-state index in [1.807, 2.05) is 11.3 Å². The van der Waals surface area contributed by atoms with E-state index in [1.165, 1.54) is 46.6 Å². The fourth-order valence-corrected chi connectivity index (χ4v) is 4.13. The number of thiophene rings is 1. The van der Waals surface area contributed by atoms with Crippen LogP contribution in [0.25, 0.3) is 10.4 Å². The first-order chi connectivity index (χ1) is 10.3. The molecule has 0 spiro atoms. The van der Waals surface area contributed by atoms with Gasteiger partial charge < -0.3 is 5.32 Å². The van der Waals surface area contributed by atoms with Gasteiger partial charge in [-0.15, -0.1) is 11.3 Å². The summed E-state index contributed by atoms with van der Waals surface area (Å²) in [4.78, 5) is 2.91. The summed E-state index contributed by atoms with van der Waals surface area (Å²) in [5, 5.41) is 3.66. The first-order valence-electron chi connectivity index (χ1n) is 8.24. The highest BCUT2D eigenvalue weighted by molar-refractivity contribution is 7.15. The lowest BCUT2D eigenvalue weighted by atomic mass is 10.1. The maximum Gasteiger partial charge on any atom is 0.0443 e. The van der Waals surface area contributed by atoms with Gasteiger partial charge in [0.05, 0.1) is 0 Å². The molecular weight excluding hydrogens is 274 g/mol. The van der Waals surface area contributed by atoms with Crippen molar-refractivity contribution in [1.29, 1.82) is 0 Å². The molecule has 2 heteroatoms. The third-order valence-electron chi connectivity index (χ3n) is 4.23. The number of benzene rings is 1. The van der Waals surface area contributed by atoms with Crippen LogP contribution in [-0.2, 0) is 6.42 Å². The van der Waals surface area contributed by atoms with Crippen LogP contribution in [0.15, 0.2) is 36.4 Å². The second-order valence-corrected chi connectivity index (χ2v) is 7.14. The molecule has 1 fully saturated rings. The molecule has 1 aliphatic carbocycles. The van der Waals surface area contributed by atoms with E-state index in [-0.39, 0.29) is 0 Å². The Morgan fingerprint density at radius 1 is 1.10 bits per heavy atom. The van der Waals surface area contributed by atoms with Crippen LogP contribution in [0.5, 0.6) is 0 Å². The van der Waals surface area contributed by atoms with Gasteiger partial charge in [0.1, 0.15) is 0 Å². The Hall–Kier alpha value is -1.12. The van der Waals surface area contributed by atoms with Crippen molar-refractivity contribution in [2.24, 2.45) is 5.92 Å². The summed E-state index contributed by atoms with van der Waals surface area (Å²) in [5.74, 6) is 0.864. The van der Waals surface area contributed by atoms with Gasteiger partial charge in [-0.2, -0.15) is 0 Å². The van der Waals surface area contributed by atoms with Crippen LogP contribution in [0.2, 0.25) is 0 Å². The molecule has 1 aliphatic rings. The van der Waals surface area contributed by atoms with Gasteiger partial charge in [-0.25, -0.2) is 0 Å². The number of aryl methyl sites for hydroxylation is 1. The first kappa shape index (κ1) is 14.8. The summed E-state index contributed by atoms with van der Waals surface area (Å²) in [7, 11) is 0. The smallest absolute Gasteiger partial charge is 0.0443 e. The topological polar surface area (TPSA) is 12.0 Å². The van der Waals surface area contributed by atoms with Gasteiger partial charge in [-0.3, -0.25) is 0 Å². The molecule has 1 aromatic carbocycles. The molecule has 1 saturated carbocycles. The van der Waals surface area contributed by atoms with Gasteiger partial charge in [0.2, 0.25) is 0 Å². The van der Waals surface area contributed by atoms with E-state index in [0.29, 0.717) is 6.04 Å². The van der Waals surface area contributed by atoms with Crippen LogP contribution < -0.4 is 5.32 Å².